The van der Waals surface area contributed by atoms with Crippen molar-refractivity contribution in [3.05, 3.63) is 90.8 Å². The van der Waals surface area contributed by atoms with E-state index in [0.717, 1.165) is 22.2 Å². The Morgan fingerprint density at radius 2 is 1.79 bits per heavy atom. The normalized spacial score (nSPS) is 15.8. The fraction of sp³-hybridized carbons (Fsp3) is 0.0526. The summed E-state index contributed by atoms with van der Waals surface area (Å²) in [5.74, 6) is -0.394. The molecule has 1 fully saturated rings. The summed E-state index contributed by atoms with van der Waals surface area (Å²) in [6.45, 7) is 0.102. The molecule has 1 aliphatic rings. The molecule has 2 aromatic carbocycles. The molecule has 1 saturated heterocycles. The van der Waals surface area contributed by atoms with Crippen LogP contribution in [0.5, 0.6) is 0 Å². The molecule has 2 aromatic rings. The Morgan fingerprint density at radius 1 is 1.07 bits per heavy atom. The first kappa shape index (κ1) is 20.1. The zero-order chi connectivity index (χ0) is 20.3. The van der Waals surface area contributed by atoms with Gasteiger partial charge in [-0.25, -0.2) is 0 Å². The van der Waals surface area contributed by atoms with Crippen LogP contribution in [0.3, 0.4) is 0 Å². The zero-order valence-corrected chi connectivity index (χ0v) is 16.5. The molecule has 0 aromatic heterocycles. The van der Waals surface area contributed by atoms with Crippen LogP contribution in [0.15, 0.2) is 59.5 Å². The summed E-state index contributed by atoms with van der Waals surface area (Å²) in [7, 11) is 0. The Labute approximate surface area is 174 Å². The van der Waals surface area contributed by atoms with Gasteiger partial charge in [0.05, 0.1) is 26.4 Å². The average molecular weight is 435 g/mol. The number of halogens is 2. The van der Waals surface area contributed by atoms with Gasteiger partial charge in [0.25, 0.3) is 16.8 Å². The monoisotopic (exact) mass is 434 g/mol. The lowest BCUT2D eigenvalue weighted by Gasteiger charge is -2.12. The molecule has 2 amide bonds. The number of hydrogen-bond donors (Lipinski definition) is 0. The minimum absolute atomic E-state index is 0.000530. The second-order valence-electron chi connectivity index (χ2n) is 5.75. The number of carbonyl (C=O) groups is 2. The molecule has 0 atom stereocenters. The lowest BCUT2D eigenvalue weighted by molar-refractivity contribution is -0.384. The number of benzene rings is 2. The molecule has 3 rings (SSSR count). The number of thioether (sulfide) groups is 1. The highest BCUT2D eigenvalue weighted by molar-refractivity contribution is 8.18. The number of allylic oxidation sites excluding steroid dienone is 2. The molecule has 1 aliphatic heterocycles. The van der Waals surface area contributed by atoms with E-state index in [1.54, 1.807) is 48.6 Å². The highest BCUT2D eigenvalue weighted by atomic mass is 35.5. The Morgan fingerprint density at radius 3 is 2.43 bits per heavy atom. The van der Waals surface area contributed by atoms with Crippen LogP contribution >= 0.6 is 35.0 Å². The van der Waals surface area contributed by atoms with E-state index in [-0.39, 0.29) is 17.5 Å². The SMILES string of the molecule is O=C1S/C(=C\C=C\c2ccc([N+](=O)[O-])cc2)C(=O)N1Cc1ccc(Cl)c(Cl)c1. The van der Waals surface area contributed by atoms with E-state index < -0.39 is 10.8 Å². The van der Waals surface area contributed by atoms with Crippen LogP contribution in [-0.2, 0) is 11.3 Å². The maximum absolute atomic E-state index is 12.5. The van der Waals surface area contributed by atoms with Crippen molar-refractivity contribution >= 4 is 57.9 Å². The molecule has 0 spiro atoms. The Kier molecular flexibility index (Phi) is 6.18. The highest BCUT2D eigenvalue weighted by Gasteiger charge is 2.34. The molecule has 142 valence electrons. The smallest absolute Gasteiger partial charge is 0.268 e. The maximum atomic E-state index is 12.5. The first-order chi connectivity index (χ1) is 13.3. The van der Waals surface area contributed by atoms with Crippen LogP contribution in [0, 0.1) is 10.1 Å². The van der Waals surface area contributed by atoms with Crippen LogP contribution < -0.4 is 0 Å². The summed E-state index contributed by atoms with van der Waals surface area (Å²) >= 11 is 12.7. The van der Waals surface area contributed by atoms with E-state index in [4.69, 9.17) is 23.2 Å². The summed E-state index contributed by atoms with van der Waals surface area (Å²) in [6, 6.07) is 10.9. The number of nitro groups is 1. The predicted octanol–water partition coefficient (Wildman–Crippen LogP) is 5.69. The summed E-state index contributed by atoms with van der Waals surface area (Å²) < 4.78 is 0. The molecule has 0 saturated carbocycles. The van der Waals surface area contributed by atoms with Gasteiger partial charge in [0.15, 0.2) is 0 Å². The number of amides is 2. The third kappa shape index (κ3) is 4.62. The van der Waals surface area contributed by atoms with Crippen molar-refractivity contribution in [2.24, 2.45) is 0 Å². The standard InChI is InChI=1S/C19H12Cl2N2O4S/c20-15-9-6-13(10-16(15)21)11-22-18(24)17(28-19(22)25)3-1-2-12-4-7-14(8-5-12)23(26)27/h1-10H,11H2/b2-1+,17-3-. The lowest BCUT2D eigenvalue weighted by atomic mass is 10.2. The zero-order valence-electron chi connectivity index (χ0n) is 14.2. The van der Waals surface area contributed by atoms with Gasteiger partial charge >= 0.3 is 0 Å². The summed E-state index contributed by atoms with van der Waals surface area (Å²) in [4.78, 5) is 36.3. The van der Waals surface area contributed by atoms with Crippen LogP contribution in [0.2, 0.25) is 10.0 Å². The fourth-order valence-electron chi connectivity index (χ4n) is 2.42. The first-order valence-electron chi connectivity index (χ1n) is 7.95. The van der Waals surface area contributed by atoms with Crippen molar-refractivity contribution in [1.82, 2.24) is 4.90 Å². The van der Waals surface area contributed by atoms with Crippen molar-refractivity contribution in [3.63, 3.8) is 0 Å². The summed E-state index contributed by atoms with van der Waals surface area (Å²) in [5.41, 5.74) is 1.43. The molecule has 0 N–H and O–H groups in total. The number of imide groups is 1. The van der Waals surface area contributed by atoms with E-state index in [1.165, 1.54) is 12.1 Å². The largest absolute Gasteiger partial charge is 0.293 e. The predicted molar refractivity (Wildman–Crippen MR) is 110 cm³/mol. The van der Waals surface area contributed by atoms with E-state index in [2.05, 4.69) is 0 Å². The van der Waals surface area contributed by atoms with Gasteiger partial charge in [0.1, 0.15) is 0 Å². The van der Waals surface area contributed by atoms with Crippen molar-refractivity contribution < 1.29 is 14.5 Å². The van der Waals surface area contributed by atoms with Gasteiger partial charge < -0.3 is 0 Å². The number of non-ortho nitro benzene ring substituents is 1. The number of carbonyl (C=O) groups excluding carboxylic acids is 2. The topological polar surface area (TPSA) is 80.5 Å². The van der Waals surface area contributed by atoms with E-state index in [0.29, 0.717) is 20.5 Å². The number of hydrogen-bond acceptors (Lipinski definition) is 5. The molecule has 6 nitrogen and oxygen atoms in total. The van der Waals surface area contributed by atoms with Gasteiger partial charge in [-0.05, 0) is 53.2 Å². The maximum Gasteiger partial charge on any atom is 0.293 e. The number of nitrogens with zero attached hydrogens (tertiary/aromatic N) is 2. The second kappa shape index (κ2) is 8.60. The van der Waals surface area contributed by atoms with Crippen molar-refractivity contribution in [1.29, 1.82) is 0 Å². The fourth-order valence-corrected chi connectivity index (χ4v) is 3.54. The first-order valence-corrected chi connectivity index (χ1v) is 9.53. The van der Waals surface area contributed by atoms with Gasteiger partial charge in [-0.1, -0.05) is 41.4 Å². The summed E-state index contributed by atoms with van der Waals surface area (Å²) in [5, 5.41) is 11.0. The number of nitro benzene ring substituents is 1. The Hall–Kier alpha value is -2.61. The molecule has 9 heteroatoms. The van der Waals surface area contributed by atoms with Gasteiger partial charge in [-0.2, -0.15) is 0 Å². The average Bonchev–Trinajstić information content (AvgIpc) is 2.93. The minimum atomic E-state index is -0.475. The van der Waals surface area contributed by atoms with Crippen LogP contribution in [0.4, 0.5) is 10.5 Å². The van der Waals surface area contributed by atoms with E-state index in [1.807, 2.05) is 0 Å². The number of rotatable bonds is 5. The van der Waals surface area contributed by atoms with E-state index >= 15 is 0 Å². The minimum Gasteiger partial charge on any atom is -0.268 e. The van der Waals surface area contributed by atoms with Gasteiger partial charge in [-0.3, -0.25) is 24.6 Å². The molecule has 0 unspecified atom stereocenters. The van der Waals surface area contributed by atoms with Crippen molar-refractivity contribution in [2.45, 2.75) is 6.54 Å². The molecular formula is C19H12Cl2N2O4S. The summed E-state index contributed by atoms with van der Waals surface area (Å²) in [6.07, 6.45) is 4.86. The quantitative estimate of drug-likeness (QED) is 0.342. The van der Waals surface area contributed by atoms with Crippen LogP contribution in [-0.4, -0.2) is 21.0 Å². The molecule has 0 bridgehead atoms. The highest BCUT2D eigenvalue weighted by Crippen LogP contribution is 2.32. The van der Waals surface area contributed by atoms with Crippen LogP contribution in [0.1, 0.15) is 11.1 Å². The van der Waals surface area contributed by atoms with Crippen molar-refractivity contribution in [2.75, 3.05) is 0 Å². The second-order valence-corrected chi connectivity index (χ2v) is 7.55. The lowest BCUT2D eigenvalue weighted by Crippen LogP contribution is -2.27. The molecule has 0 aliphatic carbocycles. The Bertz CT molecular complexity index is 1020. The Balaban J connectivity index is 1.69. The third-order valence-electron chi connectivity index (χ3n) is 3.84. The molecular weight excluding hydrogens is 423 g/mol. The molecule has 0 radical (unpaired) electrons. The van der Waals surface area contributed by atoms with Crippen molar-refractivity contribution in [3.8, 4) is 0 Å². The van der Waals surface area contributed by atoms with Gasteiger partial charge in [0, 0.05) is 12.1 Å². The van der Waals surface area contributed by atoms with E-state index in [9.17, 15) is 19.7 Å². The molecule has 1 heterocycles. The molecule has 28 heavy (non-hydrogen) atoms. The van der Waals surface area contributed by atoms with Gasteiger partial charge in [0.2, 0.25) is 0 Å². The van der Waals surface area contributed by atoms with Crippen LogP contribution in [0.25, 0.3) is 6.08 Å². The third-order valence-corrected chi connectivity index (χ3v) is 5.50. The van der Waals surface area contributed by atoms with Gasteiger partial charge in [-0.15, -0.1) is 0 Å².